The molecule has 10 heteroatoms. The Hall–Kier alpha value is -2.72. The summed E-state index contributed by atoms with van der Waals surface area (Å²) in [6.07, 6.45) is 2.71. The molecule has 4 rings (SSSR count). The number of hydrogen-bond donors (Lipinski definition) is 0. The molecule has 0 spiro atoms. The summed E-state index contributed by atoms with van der Waals surface area (Å²) in [5.41, 5.74) is 3.94. The van der Waals surface area contributed by atoms with Gasteiger partial charge in [0.05, 0.1) is 24.9 Å². The smallest absolute Gasteiger partial charge is 1.00 e. The van der Waals surface area contributed by atoms with Crippen molar-refractivity contribution in [2.24, 2.45) is 0 Å². The van der Waals surface area contributed by atoms with Crippen LogP contribution in [0, 0.1) is 6.33 Å². The molecule has 2 aromatic heterocycles. The van der Waals surface area contributed by atoms with E-state index in [0.717, 1.165) is 16.9 Å². The summed E-state index contributed by atoms with van der Waals surface area (Å²) in [6, 6.07) is 14.6. The van der Waals surface area contributed by atoms with E-state index in [2.05, 4.69) is 16.3 Å². The summed E-state index contributed by atoms with van der Waals surface area (Å²) in [7, 11) is 3.23. The van der Waals surface area contributed by atoms with E-state index in [0.29, 0.717) is 34.9 Å². The first-order valence-corrected chi connectivity index (χ1v) is 9.71. The molecule has 0 aliphatic heterocycles. The van der Waals surface area contributed by atoms with Crippen LogP contribution >= 0.6 is 0 Å². The van der Waals surface area contributed by atoms with Crippen LogP contribution in [0.2, 0.25) is 0 Å². The molecule has 0 unspecified atom stereocenters. The summed E-state index contributed by atoms with van der Waals surface area (Å²) in [4.78, 5) is 25.4. The number of nitrogens with zero attached hydrogens (tertiary/aromatic N) is 4. The molecule has 2 aromatic carbocycles. The van der Waals surface area contributed by atoms with Gasteiger partial charge in [0.25, 0.3) is 0 Å². The third kappa shape index (κ3) is 5.44. The van der Waals surface area contributed by atoms with E-state index in [9.17, 15) is 4.79 Å². The molecule has 0 saturated heterocycles. The average molecular weight is 477 g/mol. The zero-order chi connectivity index (χ0) is 21.8. The van der Waals surface area contributed by atoms with Gasteiger partial charge in [-0.2, -0.15) is 0 Å². The summed E-state index contributed by atoms with van der Waals surface area (Å²) in [5.74, 6) is 1.04. The van der Waals surface area contributed by atoms with Crippen molar-refractivity contribution in [3.63, 3.8) is 0 Å². The van der Waals surface area contributed by atoms with Gasteiger partial charge in [-0.05, 0) is 36.9 Å². The molecule has 0 saturated carbocycles. The molecule has 0 aliphatic carbocycles. The van der Waals surface area contributed by atoms with Gasteiger partial charge in [0, 0.05) is 24.5 Å². The quantitative estimate of drug-likeness (QED) is 0.216. The molecule has 4 aromatic rings. The van der Waals surface area contributed by atoms with Crippen LogP contribution in [-0.4, -0.2) is 69.4 Å². The van der Waals surface area contributed by atoms with Crippen LogP contribution < -0.4 is 17.1 Å². The van der Waals surface area contributed by atoms with Gasteiger partial charge in [-0.1, -0.05) is 29.8 Å². The summed E-state index contributed by atoms with van der Waals surface area (Å²) < 4.78 is 17.6. The number of benzene rings is 2. The second-order valence-corrected chi connectivity index (χ2v) is 6.66. The van der Waals surface area contributed by atoms with Gasteiger partial charge < -0.3 is 41.2 Å². The zero-order valence-corrected chi connectivity index (χ0v) is 20.7. The molecule has 0 N–H and O–H groups in total. The molecule has 2 heterocycles. The van der Waals surface area contributed by atoms with Gasteiger partial charge in [0.1, 0.15) is 18.3 Å². The monoisotopic (exact) mass is 476 g/mol. The van der Waals surface area contributed by atoms with E-state index in [4.69, 9.17) is 19.2 Å². The number of carbonyl (C=O) groups is 1. The van der Waals surface area contributed by atoms with Crippen LogP contribution in [0.4, 0.5) is 0 Å². The minimum atomic E-state index is -0.363. The van der Waals surface area contributed by atoms with Crippen LogP contribution in [0.25, 0.3) is 33.8 Å². The number of imidazole rings is 1. The Morgan fingerprint density at radius 2 is 1.82 bits per heavy atom. The number of esters is 1. The fourth-order valence-corrected chi connectivity index (χ4v) is 3.31. The molecule has 0 radical (unpaired) electrons. The first-order chi connectivity index (χ1) is 15.2. The second-order valence-electron chi connectivity index (χ2n) is 6.66. The van der Waals surface area contributed by atoms with Crippen molar-refractivity contribution >= 4 is 40.2 Å². The van der Waals surface area contributed by atoms with Crippen molar-refractivity contribution in [3.05, 3.63) is 60.4 Å². The first kappa shape index (κ1) is 26.5. The second kappa shape index (κ2) is 11.9. The van der Waals surface area contributed by atoms with Crippen LogP contribution in [-0.2, 0) is 16.2 Å². The van der Waals surface area contributed by atoms with Gasteiger partial charge in [0.2, 0.25) is 0 Å². The number of hydrogen-bond acceptors (Lipinski definition) is 7. The minimum Gasteiger partial charge on any atom is -1.00 e. The number of ether oxygens (including phenoxy) is 3. The largest absolute Gasteiger partial charge is 2.00 e. The van der Waals surface area contributed by atoms with E-state index in [-0.39, 0.29) is 48.2 Å². The standard InChI is InChI=1S/C23H21N4O4.ClH.Mg/c1-4-31-23(28)16-10-8-15(9-11-16)19-20-22(25-13-24-19)27(14-29-2)21(26-20)17-6-5-7-18(12-17)30-3;;/h5-12H,4,14H2,1-3H3;1H;/q-1;;+2/p-1. The maximum Gasteiger partial charge on any atom is 2.00 e. The molecular formula is C23H21ClMgN4O4. The van der Waals surface area contributed by atoms with E-state index in [1.54, 1.807) is 33.3 Å². The Morgan fingerprint density at radius 1 is 1.06 bits per heavy atom. The topological polar surface area (TPSA) is 88.4 Å². The van der Waals surface area contributed by atoms with Crippen molar-refractivity contribution in [2.75, 3.05) is 20.8 Å². The predicted molar refractivity (Wildman–Crippen MR) is 120 cm³/mol. The molecule has 0 fully saturated rings. The van der Waals surface area contributed by atoms with Crippen molar-refractivity contribution in [1.29, 1.82) is 0 Å². The van der Waals surface area contributed by atoms with Crippen LogP contribution in [0.15, 0.2) is 48.5 Å². The summed E-state index contributed by atoms with van der Waals surface area (Å²) in [5, 5.41) is 0. The Kier molecular flexibility index (Phi) is 9.60. The predicted octanol–water partition coefficient (Wildman–Crippen LogP) is 0.373. The molecular weight excluding hydrogens is 456 g/mol. The van der Waals surface area contributed by atoms with Crippen LogP contribution in [0.1, 0.15) is 17.3 Å². The number of fused-ring (bicyclic) bond motifs is 1. The fourth-order valence-electron chi connectivity index (χ4n) is 3.31. The number of methoxy groups -OCH3 is 2. The van der Waals surface area contributed by atoms with Crippen molar-refractivity contribution in [1.82, 2.24) is 19.5 Å². The van der Waals surface area contributed by atoms with Crippen molar-refractivity contribution in [3.8, 4) is 28.4 Å². The molecule has 0 bridgehead atoms. The third-order valence-corrected chi connectivity index (χ3v) is 4.74. The Morgan fingerprint density at radius 3 is 2.48 bits per heavy atom. The number of rotatable bonds is 7. The molecule has 166 valence electrons. The van der Waals surface area contributed by atoms with E-state index in [1.807, 2.05) is 41.0 Å². The van der Waals surface area contributed by atoms with Gasteiger partial charge in [0.15, 0.2) is 0 Å². The third-order valence-electron chi connectivity index (χ3n) is 4.74. The summed E-state index contributed by atoms with van der Waals surface area (Å²) in [6.45, 7) is 2.36. The normalized spacial score (nSPS) is 10.3. The van der Waals surface area contributed by atoms with Gasteiger partial charge in [-0.15, -0.1) is 0 Å². The van der Waals surface area contributed by atoms with Gasteiger partial charge in [-0.3, -0.25) is 4.98 Å². The minimum absolute atomic E-state index is 0. The maximum atomic E-state index is 11.9. The molecule has 33 heavy (non-hydrogen) atoms. The van der Waals surface area contributed by atoms with Gasteiger partial charge in [-0.25, -0.2) is 4.79 Å². The maximum absolute atomic E-state index is 11.9. The van der Waals surface area contributed by atoms with Crippen molar-refractivity contribution in [2.45, 2.75) is 13.7 Å². The van der Waals surface area contributed by atoms with E-state index >= 15 is 0 Å². The van der Waals surface area contributed by atoms with Gasteiger partial charge >= 0.3 is 29.0 Å². The fraction of sp³-hybridized carbons (Fsp3) is 0.217. The Balaban J connectivity index is 0.00000193. The van der Waals surface area contributed by atoms with Crippen LogP contribution in [0.5, 0.6) is 5.75 Å². The van der Waals surface area contributed by atoms with E-state index < -0.39 is 0 Å². The molecule has 8 nitrogen and oxygen atoms in total. The SMILES string of the molecule is CCOC(=O)c1ccc(-c2n[c-]nc3c2nc(-c2cccc(OC)c2)n3COC)cc1.[Cl-].[Mg+2]. The molecule has 0 atom stereocenters. The van der Waals surface area contributed by atoms with E-state index in [1.165, 1.54) is 0 Å². The molecule has 0 amide bonds. The van der Waals surface area contributed by atoms with Crippen LogP contribution in [0.3, 0.4) is 0 Å². The number of aromatic nitrogens is 4. The number of halogens is 1. The average Bonchev–Trinajstić information content (AvgIpc) is 3.18. The zero-order valence-electron chi connectivity index (χ0n) is 18.5. The summed E-state index contributed by atoms with van der Waals surface area (Å²) >= 11 is 0. The Labute approximate surface area is 213 Å². The first-order valence-electron chi connectivity index (χ1n) is 9.71. The van der Waals surface area contributed by atoms with Crippen molar-refractivity contribution < 1.29 is 31.4 Å². The Bertz CT molecular complexity index is 1230. The number of carbonyl (C=O) groups excluding carboxylic acids is 1. The molecule has 0 aliphatic rings.